The number of hydrogen-bond donors (Lipinski definition) is 0. The molecule has 1 saturated carbocycles. The third-order valence-corrected chi connectivity index (χ3v) is 3.56. The summed E-state index contributed by atoms with van der Waals surface area (Å²) in [5.74, 6) is 2.33. The number of ketones is 1. The van der Waals surface area contributed by atoms with Gasteiger partial charge in [0.15, 0.2) is 0 Å². The molecule has 0 heterocycles. The molecule has 1 fully saturated rings. The fraction of sp³-hybridized carbons (Fsp3) is 0.923. The van der Waals surface area contributed by atoms with E-state index in [2.05, 4.69) is 20.8 Å². The van der Waals surface area contributed by atoms with E-state index >= 15 is 0 Å². The minimum absolute atomic E-state index is 0.436. The Hall–Kier alpha value is -0.330. The Morgan fingerprint density at radius 3 is 2.50 bits per heavy atom. The Kier molecular flexibility index (Phi) is 4.64. The van der Waals surface area contributed by atoms with Gasteiger partial charge in [-0.25, -0.2) is 0 Å². The van der Waals surface area contributed by atoms with E-state index in [1.54, 1.807) is 0 Å². The van der Waals surface area contributed by atoms with Gasteiger partial charge >= 0.3 is 0 Å². The quantitative estimate of drug-likeness (QED) is 0.605. The van der Waals surface area contributed by atoms with E-state index in [-0.39, 0.29) is 0 Å². The molecule has 3 unspecified atom stereocenters. The van der Waals surface area contributed by atoms with Gasteiger partial charge in [-0.05, 0) is 18.3 Å². The fourth-order valence-electron chi connectivity index (χ4n) is 2.15. The maximum absolute atomic E-state index is 11.7. The molecule has 0 aromatic carbocycles. The molecule has 0 aromatic heterocycles. The van der Waals surface area contributed by atoms with E-state index in [0.717, 1.165) is 12.8 Å². The van der Waals surface area contributed by atoms with Gasteiger partial charge in [-0.15, -0.1) is 0 Å². The van der Waals surface area contributed by atoms with Crippen LogP contribution in [0, 0.1) is 17.8 Å². The monoisotopic (exact) mass is 196 g/mol. The van der Waals surface area contributed by atoms with E-state index < -0.39 is 0 Å². The highest BCUT2D eigenvalue weighted by Gasteiger charge is 2.38. The van der Waals surface area contributed by atoms with Crippen molar-refractivity contribution in [3.05, 3.63) is 0 Å². The first kappa shape index (κ1) is 11.7. The second kappa shape index (κ2) is 5.53. The summed E-state index contributed by atoms with van der Waals surface area (Å²) in [7, 11) is 0. The molecule has 1 rings (SSSR count). The number of unbranched alkanes of at least 4 members (excludes halogenated alkanes) is 1. The van der Waals surface area contributed by atoms with Crippen molar-refractivity contribution in [1.82, 2.24) is 0 Å². The van der Waals surface area contributed by atoms with Crippen molar-refractivity contribution in [1.29, 1.82) is 0 Å². The molecular weight excluding hydrogens is 172 g/mol. The molecule has 14 heavy (non-hydrogen) atoms. The van der Waals surface area contributed by atoms with Crippen LogP contribution in [0.3, 0.4) is 0 Å². The van der Waals surface area contributed by atoms with Crippen LogP contribution in [-0.4, -0.2) is 5.78 Å². The van der Waals surface area contributed by atoms with Gasteiger partial charge in [-0.2, -0.15) is 0 Å². The van der Waals surface area contributed by atoms with E-state index in [1.165, 1.54) is 25.7 Å². The van der Waals surface area contributed by atoms with Gasteiger partial charge in [-0.1, -0.05) is 46.5 Å². The summed E-state index contributed by atoms with van der Waals surface area (Å²) in [6.07, 6.45) is 6.97. The Bertz CT molecular complexity index is 186. The van der Waals surface area contributed by atoms with Crippen LogP contribution >= 0.6 is 0 Å². The lowest BCUT2D eigenvalue weighted by Crippen LogP contribution is -2.10. The van der Waals surface area contributed by atoms with Crippen molar-refractivity contribution in [3.8, 4) is 0 Å². The predicted octanol–water partition coefficient (Wildman–Crippen LogP) is 3.82. The molecule has 0 N–H and O–H groups in total. The molecule has 0 amide bonds. The highest BCUT2D eigenvalue weighted by atomic mass is 16.1. The van der Waals surface area contributed by atoms with Gasteiger partial charge in [0, 0.05) is 12.3 Å². The van der Waals surface area contributed by atoms with E-state index in [4.69, 9.17) is 0 Å². The smallest absolute Gasteiger partial charge is 0.136 e. The number of hydrogen-bond acceptors (Lipinski definition) is 1. The van der Waals surface area contributed by atoms with Gasteiger partial charge in [-0.3, -0.25) is 4.79 Å². The topological polar surface area (TPSA) is 17.1 Å². The summed E-state index contributed by atoms with van der Waals surface area (Å²) in [6, 6.07) is 0. The Balaban J connectivity index is 2.21. The van der Waals surface area contributed by atoms with Crippen LogP contribution < -0.4 is 0 Å². The van der Waals surface area contributed by atoms with Gasteiger partial charge in [0.2, 0.25) is 0 Å². The number of Topliss-reactive ketones (excluding diaryl/α,β-unsaturated/α-hetero) is 1. The lowest BCUT2D eigenvalue weighted by atomic mass is 9.92. The zero-order valence-corrected chi connectivity index (χ0v) is 9.88. The first-order chi connectivity index (χ1) is 6.69. The largest absolute Gasteiger partial charge is 0.299 e. The third-order valence-electron chi connectivity index (χ3n) is 3.56. The van der Waals surface area contributed by atoms with Crippen molar-refractivity contribution in [2.75, 3.05) is 0 Å². The molecule has 0 bridgehead atoms. The normalized spacial score (nSPS) is 27.4. The molecule has 0 spiro atoms. The van der Waals surface area contributed by atoms with Crippen LogP contribution in [-0.2, 0) is 4.79 Å². The van der Waals surface area contributed by atoms with Crippen LogP contribution in [0.25, 0.3) is 0 Å². The van der Waals surface area contributed by atoms with Gasteiger partial charge in [0.05, 0.1) is 0 Å². The van der Waals surface area contributed by atoms with Crippen LogP contribution in [0.1, 0.15) is 59.3 Å². The Morgan fingerprint density at radius 1 is 1.43 bits per heavy atom. The predicted molar refractivity (Wildman–Crippen MR) is 60.2 cm³/mol. The summed E-state index contributed by atoms with van der Waals surface area (Å²) in [5, 5.41) is 0. The molecule has 1 aliphatic rings. The van der Waals surface area contributed by atoms with E-state index in [0.29, 0.717) is 23.5 Å². The summed E-state index contributed by atoms with van der Waals surface area (Å²) < 4.78 is 0. The van der Waals surface area contributed by atoms with Crippen molar-refractivity contribution in [2.24, 2.45) is 17.8 Å². The highest BCUT2D eigenvalue weighted by Crippen LogP contribution is 2.40. The van der Waals surface area contributed by atoms with Gasteiger partial charge < -0.3 is 0 Å². The number of carbonyl (C=O) groups excluding carboxylic acids is 1. The third kappa shape index (κ3) is 3.43. The minimum atomic E-state index is 0.436. The Morgan fingerprint density at radius 2 is 2.07 bits per heavy atom. The summed E-state index contributed by atoms with van der Waals surface area (Å²) in [5.41, 5.74) is 0. The number of rotatable bonds is 7. The molecule has 3 atom stereocenters. The molecule has 0 aromatic rings. The summed E-state index contributed by atoms with van der Waals surface area (Å²) in [6.45, 7) is 6.62. The molecule has 82 valence electrons. The average molecular weight is 196 g/mol. The summed E-state index contributed by atoms with van der Waals surface area (Å²) >= 11 is 0. The highest BCUT2D eigenvalue weighted by molar-refractivity contribution is 5.83. The number of carbonyl (C=O) groups is 1. The first-order valence-electron chi connectivity index (χ1n) is 6.21. The maximum Gasteiger partial charge on any atom is 0.136 e. The van der Waals surface area contributed by atoms with Crippen molar-refractivity contribution < 1.29 is 4.79 Å². The summed E-state index contributed by atoms with van der Waals surface area (Å²) in [4.78, 5) is 11.7. The van der Waals surface area contributed by atoms with Crippen LogP contribution in [0.15, 0.2) is 0 Å². The van der Waals surface area contributed by atoms with Crippen molar-refractivity contribution >= 4 is 5.78 Å². The van der Waals surface area contributed by atoms with Crippen LogP contribution in [0.5, 0.6) is 0 Å². The fourth-order valence-corrected chi connectivity index (χ4v) is 2.15. The lowest BCUT2D eigenvalue weighted by molar-refractivity contribution is -0.121. The van der Waals surface area contributed by atoms with E-state index in [9.17, 15) is 4.79 Å². The van der Waals surface area contributed by atoms with E-state index in [1.807, 2.05) is 0 Å². The zero-order chi connectivity index (χ0) is 10.6. The Labute approximate surface area is 88.3 Å². The van der Waals surface area contributed by atoms with Gasteiger partial charge in [0.25, 0.3) is 0 Å². The minimum Gasteiger partial charge on any atom is -0.299 e. The SMILES string of the molecule is CCCCC(CC)CC(=O)C1CC1C. The van der Waals surface area contributed by atoms with Crippen LogP contribution in [0.4, 0.5) is 0 Å². The zero-order valence-electron chi connectivity index (χ0n) is 9.88. The molecule has 1 aliphatic carbocycles. The second-order valence-corrected chi connectivity index (χ2v) is 4.91. The van der Waals surface area contributed by atoms with Gasteiger partial charge in [0.1, 0.15) is 5.78 Å². The van der Waals surface area contributed by atoms with Crippen molar-refractivity contribution in [3.63, 3.8) is 0 Å². The standard InChI is InChI=1S/C13H24O/c1-4-6-7-11(5-2)9-13(14)12-8-10(12)3/h10-12H,4-9H2,1-3H3. The first-order valence-corrected chi connectivity index (χ1v) is 6.21. The molecule has 1 nitrogen and oxygen atoms in total. The maximum atomic E-state index is 11.7. The molecule has 0 aliphatic heterocycles. The van der Waals surface area contributed by atoms with Crippen molar-refractivity contribution in [2.45, 2.75) is 59.3 Å². The lowest BCUT2D eigenvalue weighted by Gasteiger charge is -2.12. The molecule has 0 radical (unpaired) electrons. The van der Waals surface area contributed by atoms with Crippen LogP contribution in [0.2, 0.25) is 0 Å². The molecular formula is C13H24O. The second-order valence-electron chi connectivity index (χ2n) is 4.91. The average Bonchev–Trinajstić information content (AvgIpc) is 2.89. The molecule has 0 saturated heterocycles. The molecule has 1 heteroatoms.